The molecule has 0 bridgehead atoms. The number of ether oxygens (including phenoxy) is 1. The maximum Gasteiger partial charge on any atom is 0.0589 e. The topological polar surface area (TPSA) is 38.5 Å². The van der Waals surface area contributed by atoms with E-state index in [1.165, 1.54) is 19.3 Å². The molecule has 1 fully saturated rings. The molecular weight excluding hydrogens is 212 g/mol. The normalized spacial score (nSPS) is 19.9. The van der Waals surface area contributed by atoms with Gasteiger partial charge in [0.25, 0.3) is 0 Å². The van der Waals surface area contributed by atoms with Gasteiger partial charge >= 0.3 is 0 Å². The first-order chi connectivity index (χ1) is 8.10. The molecule has 17 heavy (non-hydrogen) atoms. The van der Waals surface area contributed by atoms with E-state index in [0.717, 1.165) is 25.6 Å². The van der Waals surface area contributed by atoms with Gasteiger partial charge in [-0.15, -0.1) is 0 Å². The number of rotatable bonds is 9. The van der Waals surface area contributed by atoms with Crippen molar-refractivity contribution in [1.29, 1.82) is 0 Å². The van der Waals surface area contributed by atoms with Gasteiger partial charge in [-0.1, -0.05) is 13.8 Å². The first-order valence-electron chi connectivity index (χ1n) is 7.04. The molecule has 102 valence electrons. The average molecular weight is 242 g/mol. The Morgan fingerprint density at radius 3 is 2.35 bits per heavy atom. The van der Waals surface area contributed by atoms with Crippen LogP contribution in [0.2, 0.25) is 0 Å². The molecule has 0 aromatic carbocycles. The molecular formula is C14H30N2O. The SMILES string of the molecule is COCCN(C(CN)CC(C)C)C(C)C1CC1. The summed E-state index contributed by atoms with van der Waals surface area (Å²) in [7, 11) is 1.78. The summed E-state index contributed by atoms with van der Waals surface area (Å²) in [4.78, 5) is 2.58. The van der Waals surface area contributed by atoms with Crippen molar-refractivity contribution in [3.8, 4) is 0 Å². The van der Waals surface area contributed by atoms with Crippen molar-refractivity contribution in [1.82, 2.24) is 4.90 Å². The lowest BCUT2D eigenvalue weighted by atomic mass is 10.00. The van der Waals surface area contributed by atoms with E-state index in [9.17, 15) is 0 Å². The molecule has 1 aliphatic rings. The van der Waals surface area contributed by atoms with Crippen LogP contribution in [0.25, 0.3) is 0 Å². The van der Waals surface area contributed by atoms with Crippen molar-refractivity contribution in [2.45, 2.75) is 52.1 Å². The summed E-state index contributed by atoms with van der Waals surface area (Å²) in [6.07, 6.45) is 3.98. The van der Waals surface area contributed by atoms with Crippen LogP contribution in [0, 0.1) is 11.8 Å². The zero-order chi connectivity index (χ0) is 12.8. The van der Waals surface area contributed by atoms with Crippen LogP contribution in [-0.2, 0) is 4.74 Å². The minimum Gasteiger partial charge on any atom is -0.383 e. The minimum atomic E-state index is 0.515. The second-order valence-corrected chi connectivity index (χ2v) is 5.83. The van der Waals surface area contributed by atoms with E-state index in [2.05, 4.69) is 25.7 Å². The monoisotopic (exact) mass is 242 g/mol. The first-order valence-corrected chi connectivity index (χ1v) is 7.04. The van der Waals surface area contributed by atoms with E-state index in [1.807, 2.05) is 0 Å². The smallest absolute Gasteiger partial charge is 0.0589 e. The zero-order valence-corrected chi connectivity index (χ0v) is 12.0. The Morgan fingerprint density at radius 1 is 1.29 bits per heavy atom. The van der Waals surface area contributed by atoms with Gasteiger partial charge in [-0.25, -0.2) is 0 Å². The molecule has 0 spiro atoms. The molecule has 1 aliphatic carbocycles. The molecule has 2 atom stereocenters. The highest BCUT2D eigenvalue weighted by molar-refractivity contribution is 4.89. The summed E-state index contributed by atoms with van der Waals surface area (Å²) in [6.45, 7) is 9.50. The molecule has 2 unspecified atom stereocenters. The van der Waals surface area contributed by atoms with Crippen molar-refractivity contribution in [3.63, 3.8) is 0 Å². The van der Waals surface area contributed by atoms with Crippen molar-refractivity contribution < 1.29 is 4.74 Å². The zero-order valence-electron chi connectivity index (χ0n) is 12.0. The van der Waals surface area contributed by atoms with Gasteiger partial charge in [0.2, 0.25) is 0 Å². The fourth-order valence-corrected chi connectivity index (χ4v) is 2.68. The van der Waals surface area contributed by atoms with Crippen molar-refractivity contribution >= 4 is 0 Å². The van der Waals surface area contributed by atoms with Crippen molar-refractivity contribution in [3.05, 3.63) is 0 Å². The second-order valence-electron chi connectivity index (χ2n) is 5.83. The van der Waals surface area contributed by atoms with Crippen LogP contribution in [0.15, 0.2) is 0 Å². The Hall–Kier alpha value is -0.120. The summed E-state index contributed by atoms with van der Waals surface area (Å²) >= 11 is 0. The molecule has 0 amide bonds. The molecule has 0 saturated heterocycles. The maximum atomic E-state index is 5.97. The fraction of sp³-hybridized carbons (Fsp3) is 1.00. The summed E-state index contributed by atoms with van der Waals surface area (Å²) < 4.78 is 5.24. The molecule has 3 heteroatoms. The largest absolute Gasteiger partial charge is 0.383 e. The van der Waals surface area contributed by atoms with E-state index in [1.54, 1.807) is 7.11 Å². The van der Waals surface area contributed by atoms with Crippen LogP contribution < -0.4 is 5.73 Å². The Morgan fingerprint density at radius 2 is 1.94 bits per heavy atom. The van der Waals surface area contributed by atoms with E-state index < -0.39 is 0 Å². The molecule has 3 nitrogen and oxygen atoms in total. The lowest BCUT2D eigenvalue weighted by molar-refractivity contribution is 0.0752. The van der Waals surface area contributed by atoms with Gasteiger partial charge < -0.3 is 10.5 Å². The van der Waals surface area contributed by atoms with Crippen LogP contribution in [0.5, 0.6) is 0 Å². The summed E-state index contributed by atoms with van der Waals surface area (Å²) in [5.41, 5.74) is 5.97. The van der Waals surface area contributed by atoms with E-state index >= 15 is 0 Å². The predicted octanol–water partition coefficient (Wildman–Crippen LogP) is 2.11. The standard InChI is InChI=1S/C14H30N2O/c1-11(2)9-14(10-15)16(7-8-17-4)12(3)13-5-6-13/h11-14H,5-10,15H2,1-4H3. The lowest BCUT2D eigenvalue weighted by Gasteiger charge is -2.37. The van der Waals surface area contributed by atoms with Gasteiger partial charge in [0.1, 0.15) is 0 Å². The second kappa shape index (κ2) is 7.34. The third-order valence-electron chi connectivity index (χ3n) is 3.87. The highest BCUT2D eigenvalue weighted by Crippen LogP contribution is 2.36. The van der Waals surface area contributed by atoms with Gasteiger partial charge in [-0.05, 0) is 38.0 Å². The number of hydrogen-bond acceptors (Lipinski definition) is 3. The van der Waals surface area contributed by atoms with E-state index in [4.69, 9.17) is 10.5 Å². The van der Waals surface area contributed by atoms with Gasteiger partial charge in [0.05, 0.1) is 6.61 Å². The van der Waals surface area contributed by atoms with Crippen LogP contribution in [0.1, 0.15) is 40.0 Å². The van der Waals surface area contributed by atoms with Crippen molar-refractivity contribution in [2.24, 2.45) is 17.6 Å². The summed E-state index contributed by atoms with van der Waals surface area (Å²) in [6, 6.07) is 1.18. The van der Waals surface area contributed by atoms with Crippen molar-refractivity contribution in [2.75, 3.05) is 26.8 Å². The highest BCUT2D eigenvalue weighted by atomic mass is 16.5. The molecule has 0 aromatic heterocycles. The Labute approximate surface area is 107 Å². The quantitative estimate of drug-likeness (QED) is 0.673. The molecule has 0 heterocycles. The van der Waals surface area contributed by atoms with Crippen LogP contribution >= 0.6 is 0 Å². The van der Waals surface area contributed by atoms with Gasteiger partial charge in [0.15, 0.2) is 0 Å². The highest BCUT2D eigenvalue weighted by Gasteiger charge is 2.34. The molecule has 0 radical (unpaired) electrons. The van der Waals surface area contributed by atoms with Gasteiger partial charge in [-0.3, -0.25) is 4.90 Å². The number of hydrogen-bond donors (Lipinski definition) is 1. The lowest BCUT2D eigenvalue weighted by Crippen LogP contribution is -2.48. The fourth-order valence-electron chi connectivity index (χ4n) is 2.68. The Kier molecular flexibility index (Phi) is 6.45. The predicted molar refractivity (Wildman–Crippen MR) is 73.1 cm³/mol. The number of nitrogens with zero attached hydrogens (tertiary/aromatic N) is 1. The summed E-state index contributed by atoms with van der Waals surface area (Å²) in [5, 5.41) is 0. The Bertz CT molecular complexity index is 204. The average Bonchev–Trinajstić information content (AvgIpc) is 3.10. The molecule has 0 aliphatic heterocycles. The Balaban J connectivity index is 2.56. The van der Waals surface area contributed by atoms with Crippen LogP contribution in [-0.4, -0.2) is 43.8 Å². The maximum absolute atomic E-state index is 5.97. The minimum absolute atomic E-state index is 0.515. The third-order valence-corrected chi connectivity index (χ3v) is 3.87. The number of methoxy groups -OCH3 is 1. The first kappa shape index (κ1) is 14.9. The molecule has 1 saturated carbocycles. The molecule has 2 N–H and O–H groups in total. The third kappa shape index (κ3) is 4.94. The molecule has 1 rings (SSSR count). The van der Waals surface area contributed by atoms with Gasteiger partial charge in [-0.2, -0.15) is 0 Å². The van der Waals surface area contributed by atoms with Crippen LogP contribution in [0.4, 0.5) is 0 Å². The van der Waals surface area contributed by atoms with E-state index in [-0.39, 0.29) is 0 Å². The number of nitrogens with two attached hydrogens (primary N) is 1. The molecule has 0 aromatic rings. The summed E-state index contributed by atoms with van der Waals surface area (Å²) in [5.74, 6) is 1.60. The van der Waals surface area contributed by atoms with Crippen LogP contribution in [0.3, 0.4) is 0 Å². The van der Waals surface area contributed by atoms with Gasteiger partial charge in [0, 0.05) is 32.3 Å². The van der Waals surface area contributed by atoms with E-state index in [0.29, 0.717) is 18.0 Å².